The standard InChI is InChI=1S/C18H18O7.H2O/c1-10(19)24-15(18(2,3)21)9-23-17-11-4-5-16(20)25-14(11)8-13-12(17)6-7-22-13;/h4-8,15,21H,9H2,1-3H3;1H2/t15-;/m1./s1. The number of rotatable bonds is 5. The summed E-state index contributed by atoms with van der Waals surface area (Å²) in [6.45, 7) is 4.24. The SMILES string of the molecule is CC(=O)O[C@H](COc1c2ccoc2cc2oc(=O)ccc12)C(C)(C)O.O. The van der Waals surface area contributed by atoms with Gasteiger partial charge in [0.25, 0.3) is 0 Å². The summed E-state index contributed by atoms with van der Waals surface area (Å²) in [5.41, 5.74) is -0.974. The smallest absolute Gasteiger partial charge is 0.336 e. The van der Waals surface area contributed by atoms with E-state index >= 15 is 0 Å². The molecule has 0 amide bonds. The highest BCUT2D eigenvalue weighted by Gasteiger charge is 2.31. The van der Waals surface area contributed by atoms with Crippen molar-refractivity contribution in [2.24, 2.45) is 0 Å². The van der Waals surface area contributed by atoms with Crippen LogP contribution in [0.1, 0.15) is 20.8 Å². The maximum atomic E-state index is 11.5. The summed E-state index contributed by atoms with van der Waals surface area (Å²) in [7, 11) is 0. The number of aliphatic hydroxyl groups is 1. The largest absolute Gasteiger partial charge is 0.488 e. The van der Waals surface area contributed by atoms with Crippen LogP contribution in [-0.4, -0.2) is 34.9 Å². The van der Waals surface area contributed by atoms with Gasteiger partial charge in [-0.15, -0.1) is 0 Å². The second kappa shape index (κ2) is 7.19. The third kappa shape index (κ3) is 3.87. The fraction of sp³-hybridized carbons (Fsp3) is 0.333. The first kappa shape index (κ1) is 19.5. The van der Waals surface area contributed by atoms with Gasteiger partial charge in [0, 0.05) is 19.1 Å². The lowest BCUT2D eigenvalue weighted by molar-refractivity contribution is -0.162. The van der Waals surface area contributed by atoms with E-state index in [4.69, 9.17) is 18.3 Å². The van der Waals surface area contributed by atoms with Crippen LogP contribution in [0.2, 0.25) is 0 Å². The Morgan fingerprint density at radius 2 is 1.92 bits per heavy atom. The topological polar surface area (TPSA) is 131 Å². The number of ether oxygens (including phenoxy) is 2. The monoisotopic (exact) mass is 364 g/mol. The summed E-state index contributed by atoms with van der Waals surface area (Å²) in [5.74, 6) is -0.0977. The number of esters is 1. The molecule has 0 unspecified atom stereocenters. The molecular formula is C18H20O8. The van der Waals surface area contributed by atoms with Crippen molar-refractivity contribution >= 4 is 27.9 Å². The van der Waals surface area contributed by atoms with Gasteiger partial charge in [-0.2, -0.15) is 0 Å². The molecule has 8 nitrogen and oxygen atoms in total. The first-order valence-corrected chi connectivity index (χ1v) is 7.72. The van der Waals surface area contributed by atoms with Crippen molar-refractivity contribution in [2.75, 3.05) is 6.61 Å². The molecule has 0 bridgehead atoms. The molecule has 26 heavy (non-hydrogen) atoms. The third-order valence-corrected chi connectivity index (χ3v) is 3.78. The first-order chi connectivity index (χ1) is 11.8. The summed E-state index contributed by atoms with van der Waals surface area (Å²) in [5, 5.41) is 11.4. The van der Waals surface area contributed by atoms with Crippen molar-refractivity contribution in [3.8, 4) is 5.75 Å². The molecular weight excluding hydrogens is 344 g/mol. The maximum Gasteiger partial charge on any atom is 0.336 e. The molecule has 1 aromatic carbocycles. The van der Waals surface area contributed by atoms with Crippen molar-refractivity contribution in [3.63, 3.8) is 0 Å². The third-order valence-electron chi connectivity index (χ3n) is 3.78. The number of carbonyl (C=O) groups is 1. The minimum Gasteiger partial charge on any atom is -0.488 e. The average Bonchev–Trinajstić information content (AvgIpc) is 2.96. The molecule has 0 aliphatic carbocycles. The molecule has 0 aliphatic rings. The zero-order valence-corrected chi connectivity index (χ0v) is 14.6. The Labute approximate surface area is 148 Å². The van der Waals surface area contributed by atoms with Gasteiger partial charge >= 0.3 is 11.6 Å². The number of fused-ring (bicyclic) bond motifs is 2. The normalized spacial score (nSPS) is 12.6. The highest BCUT2D eigenvalue weighted by atomic mass is 16.6. The first-order valence-electron chi connectivity index (χ1n) is 7.72. The van der Waals surface area contributed by atoms with Crippen LogP contribution in [0.3, 0.4) is 0 Å². The molecule has 0 saturated heterocycles. The van der Waals surface area contributed by atoms with Gasteiger partial charge in [0.2, 0.25) is 0 Å². The van der Waals surface area contributed by atoms with Gasteiger partial charge < -0.3 is 28.9 Å². The summed E-state index contributed by atoms with van der Waals surface area (Å²) in [6, 6.07) is 6.22. The lowest BCUT2D eigenvalue weighted by atomic mass is 10.0. The quantitative estimate of drug-likeness (QED) is 0.539. The van der Waals surface area contributed by atoms with E-state index in [0.717, 1.165) is 0 Å². The number of hydrogen-bond donors (Lipinski definition) is 1. The van der Waals surface area contributed by atoms with E-state index in [9.17, 15) is 14.7 Å². The van der Waals surface area contributed by atoms with E-state index in [1.807, 2.05) is 0 Å². The van der Waals surface area contributed by atoms with E-state index in [1.165, 1.54) is 33.1 Å². The van der Waals surface area contributed by atoms with E-state index in [2.05, 4.69) is 0 Å². The predicted molar refractivity (Wildman–Crippen MR) is 93.2 cm³/mol. The van der Waals surface area contributed by atoms with Gasteiger partial charge in [-0.1, -0.05) is 0 Å². The Morgan fingerprint density at radius 1 is 1.23 bits per heavy atom. The van der Waals surface area contributed by atoms with Gasteiger partial charge in [-0.25, -0.2) is 4.79 Å². The zero-order valence-electron chi connectivity index (χ0n) is 14.6. The second-order valence-electron chi connectivity index (χ2n) is 6.27. The van der Waals surface area contributed by atoms with Crippen LogP contribution < -0.4 is 10.4 Å². The van der Waals surface area contributed by atoms with Crippen LogP contribution >= 0.6 is 0 Å². The Bertz CT molecular complexity index is 976. The Hall–Kier alpha value is -2.84. The van der Waals surface area contributed by atoms with Crippen molar-refractivity contribution in [3.05, 3.63) is 40.9 Å². The molecule has 0 aliphatic heterocycles. The van der Waals surface area contributed by atoms with Gasteiger partial charge in [0.1, 0.15) is 23.5 Å². The minimum absolute atomic E-state index is 0. The highest BCUT2D eigenvalue weighted by molar-refractivity contribution is 6.01. The molecule has 8 heteroatoms. The Balaban J connectivity index is 0.00000243. The van der Waals surface area contributed by atoms with Crippen LogP contribution in [-0.2, 0) is 9.53 Å². The fourth-order valence-electron chi connectivity index (χ4n) is 2.51. The van der Waals surface area contributed by atoms with Crippen molar-refractivity contribution < 1.29 is 33.7 Å². The van der Waals surface area contributed by atoms with Crippen LogP contribution in [0.15, 0.2) is 44.2 Å². The lowest BCUT2D eigenvalue weighted by Crippen LogP contribution is -2.43. The minimum atomic E-state index is -1.29. The van der Waals surface area contributed by atoms with Crippen molar-refractivity contribution in [1.82, 2.24) is 0 Å². The number of hydrogen-bond acceptors (Lipinski definition) is 7. The predicted octanol–water partition coefficient (Wildman–Crippen LogP) is 1.80. The van der Waals surface area contributed by atoms with E-state index < -0.39 is 23.3 Å². The average molecular weight is 364 g/mol. The fourth-order valence-corrected chi connectivity index (χ4v) is 2.51. The molecule has 0 fully saturated rings. The Kier molecular flexibility index (Phi) is 5.38. The van der Waals surface area contributed by atoms with Crippen molar-refractivity contribution in [1.29, 1.82) is 0 Å². The number of benzene rings is 1. The van der Waals surface area contributed by atoms with Crippen LogP contribution in [0, 0.1) is 0 Å². The van der Waals surface area contributed by atoms with E-state index in [1.54, 1.807) is 18.2 Å². The highest BCUT2D eigenvalue weighted by Crippen LogP contribution is 2.35. The zero-order chi connectivity index (χ0) is 18.2. The van der Waals surface area contributed by atoms with Crippen LogP contribution in [0.4, 0.5) is 0 Å². The number of furan rings is 1. The summed E-state index contributed by atoms with van der Waals surface area (Å²) in [6.07, 6.45) is 0.617. The van der Waals surface area contributed by atoms with Gasteiger partial charge in [0.15, 0.2) is 6.10 Å². The van der Waals surface area contributed by atoms with Gasteiger partial charge in [0.05, 0.1) is 22.6 Å². The van der Waals surface area contributed by atoms with E-state index in [-0.39, 0.29) is 12.1 Å². The molecule has 3 rings (SSSR count). The maximum absolute atomic E-state index is 11.5. The van der Waals surface area contributed by atoms with Crippen LogP contribution in [0.25, 0.3) is 21.9 Å². The van der Waals surface area contributed by atoms with Crippen LogP contribution in [0.5, 0.6) is 5.75 Å². The molecule has 2 aromatic heterocycles. The molecule has 1 atom stereocenters. The molecule has 2 heterocycles. The molecule has 140 valence electrons. The molecule has 3 N–H and O–H groups in total. The number of carbonyl (C=O) groups excluding carboxylic acids is 1. The second-order valence-corrected chi connectivity index (χ2v) is 6.27. The van der Waals surface area contributed by atoms with Gasteiger partial charge in [-0.05, 0) is 26.0 Å². The summed E-state index contributed by atoms with van der Waals surface area (Å²) < 4.78 is 21.6. The molecule has 0 radical (unpaired) electrons. The Morgan fingerprint density at radius 3 is 2.58 bits per heavy atom. The van der Waals surface area contributed by atoms with E-state index in [0.29, 0.717) is 27.7 Å². The summed E-state index contributed by atoms with van der Waals surface area (Å²) >= 11 is 0. The summed E-state index contributed by atoms with van der Waals surface area (Å²) in [4.78, 5) is 22.7. The van der Waals surface area contributed by atoms with Gasteiger partial charge in [-0.3, -0.25) is 4.79 Å². The molecule has 0 saturated carbocycles. The molecule has 3 aromatic rings. The van der Waals surface area contributed by atoms with Crippen molar-refractivity contribution in [2.45, 2.75) is 32.5 Å². The molecule has 0 spiro atoms. The lowest BCUT2D eigenvalue weighted by Gasteiger charge is -2.28.